The molecular formula is C13H31O6Si3. The molecule has 0 saturated carbocycles. The van der Waals surface area contributed by atoms with Crippen molar-refractivity contribution in [1.29, 1.82) is 0 Å². The van der Waals surface area contributed by atoms with Crippen molar-refractivity contribution in [2.45, 2.75) is 37.4 Å². The van der Waals surface area contributed by atoms with Gasteiger partial charge in [0.25, 0.3) is 0 Å². The van der Waals surface area contributed by atoms with Gasteiger partial charge in [-0.1, -0.05) is 20.8 Å². The van der Waals surface area contributed by atoms with Crippen LogP contribution in [0.5, 0.6) is 0 Å². The number of hydrogen-bond acceptors (Lipinski definition) is 6. The highest BCUT2D eigenvalue weighted by molar-refractivity contribution is 6.51. The summed E-state index contributed by atoms with van der Waals surface area (Å²) >= 11 is 0. The van der Waals surface area contributed by atoms with Gasteiger partial charge in [-0.15, -0.1) is 0 Å². The Morgan fingerprint density at radius 3 is 0.773 bits per heavy atom. The highest BCUT2D eigenvalue weighted by Gasteiger charge is 2.45. The Kier molecular flexibility index (Phi) is 12.1. The van der Waals surface area contributed by atoms with Crippen LogP contribution in [0.4, 0.5) is 0 Å². The van der Waals surface area contributed by atoms with Gasteiger partial charge in [-0.25, -0.2) is 0 Å². The van der Waals surface area contributed by atoms with E-state index in [1.165, 1.54) is 0 Å². The summed E-state index contributed by atoms with van der Waals surface area (Å²) in [6.45, 7) is 6.53. The molecule has 0 rings (SSSR count). The summed E-state index contributed by atoms with van der Waals surface area (Å²) in [4.78, 5) is 0. The summed E-state index contributed by atoms with van der Waals surface area (Å²) in [6.07, 6.45) is 0. The molecule has 22 heavy (non-hydrogen) atoms. The highest BCUT2D eigenvalue weighted by atomic mass is 28.3. The van der Waals surface area contributed by atoms with E-state index in [0.29, 0.717) is 0 Å². The monoisotopic (exact) mass is 367 g/mol. The third kappa shape index (κ3) is 5.80. The van der Waals surface area contributed by atoms with Gasteiger partial charge in [0, 0.05) is 59.3 Å². The van der Waals surface area contributed by atoms with Gasteiger partial charge < -0.3 is 26.6 Å². The minimum absolute atomic E-state index is 0.251. The summed E-state index contributed by atoms with van der Waals surface area (Å²) in [7, 11) is 6.11. The molecule has 3 radical (unpaired) electrons. The van der Waals surface area contributed by atoms with Gasteiger partial charge in [0.15, 0.2) is 0 Å². The average molecular weight is 368 g/mol. The van der Waals surface area contributed by atoms with Gasteiger partial charge in [-0.2, -0.15) is 0 Å². The van der Waals surface area contributed by atoms with Crippen molar-refractivity contribution < 1.29 is 26.6 Å². The van der Waals surface area contributed by atoms with Crippen LogP contribution in [0.25, 0.3) is 0 Å². The summed E-state index contributed by atoms with van der Waals surface area (Å²) in [6, 6.07) is 0. The van der Waals surface area contributed by atoms with Crippen LogP contribution in [-0.2, 0) is 26.6 Å². The summed E-state index contributed by atoms with van der Waals surface area (Å²) in [5.74, 6) is 0.274. The molecule has 0 aliphatic rings. The lowest BCUT2D eigenvalue weighted by atomic mass is 9.98. The van der Waals surface area contributed by atoms with Gasteiger partial charge in [-0.3, -0.25) is 0 Å². The molecule has 0 fully saturated rings. The van der Waals surface area contributed by atoms with Crippen LogP contribution in [0.1, 0.15) is 20.8 Å². The Labute approximate surface area is 140 Å². The van der Waals surface area contributed by atoms with Crippen LogP contribution in [0, 0.1) is 5.92 Å². The van der Waals surface area contributed by atoms with E-state index >= 15 is 0 Å². The van der Waals surface area contributed by atoms with Gasteiger partial charge in [0.05, 0.1) is 0 Å². The third-order valence-electron chi connectivity index (χ3n) is 4.05. The van der Waals surface area contributed by atoms with Crippen molar-refractivity contribution in [3.8, 4) is 0 Å². The quantitative estimate of drug-likeness (QED) is 0.493. The predicted octanol–water partition coefficient (Wildman–Crippen LogP) is 2.12. The first-order valence-corrected chi connectivity index (χ1v) is 11.5. The Morgan fingerprint density at radius 1 is 0.455 bits per heavy atom. The highest BCUT2D eigenvalue weighted by Crippen LogP contribution is 2.44. The molecular weight excluding hydrogens is 336 g/mol. The Balaban J connectivity index is 5.45. The second-order valence-corrected chi connectivity index (χ2v) is 12.2. The summed E-state index contributed by atoms with van der Waals surface area (Å²) < 4.78 is 33.5. The molecule has 131 valence electrons. The largest absolute Gasteiger partial charge is 0.397 e. The van der Waals surface area contributed by atoms with Crippen LogP contribution in [-0.4, -0.2) is 70.5 Å². The molecule has 0 aliphatic heterocycles. The van der Waals surface area contributed by atoms with E-state index in [9.17, 15) is 0 Å². The molecule has 0 aromatic heterocycles. The molecule has 0 heterocycles. The Bertz CT molecular complexity index is 232. The fraction of sp³-hybridized carbons (Fsp3) is 1.00. The zero-order valence-electron chi connectivity index (χ0n) is 15.3. The molecule has 6 nitrogen and oxygen atoms in total. The molecule has 0 aromatic rings. The van der Waals surface area contributed by atoms with Gasteiger partial charge >= 0.3 is 27.9 Å². The Morgan fingerprint density at radius 2 is 0.636 bits per heavy atom. The minimum Gasteiger partial charge on any atom is -0.397 e. The van der Waals surface area contributed by atoms with E-state index in [-0.39, 0.29) is 22.5 Å². The van der Waals surface area contributed by atoms with Gasteiger partial charge in [0.1, 0.15) is 0 Å². The van der Waals surface area contributed by atoms with Gasteiger partial charge in [-0.05, 0) is 5.92 Å². The first kappa shape index (κ1) is 22.4. The third-order valence-corrected chi connectivity index (χ3v) is 9.85. The van der Waals surface area contributed by atoms with Crippen LogP contribution in [0.15, 0.2) is 0 Å². The van der Waals surface area contributed by atoms with Crippen molar-refractivity contribution in [2.24, 2.45) is 5.92 Å². The minimum atomic E-state index is -1.38. The van der Waals surface area contributed by atoms with Crippen molar-refractivity contribution in [3.05, 3.63) is 0 Å². The molecule has 0 N–H and O–H groups in total. The maximum atomic E-state index is 5.58. The zero-order chi connectivity index (χ0) is 17.3. The molecule has 0 spiro atoms. The van der Waals surface area contributed by atoms with E-state index in [0.717, 1.165) is 0 Å². The lowest BCUT2D eigenvalue weighted by molar-refractivity contribution is 0.208. The van der Waals surface area contributed by atoms with Crippen LogP contribution in [0.3, 0.4) is 0 Å². The fourth-order valence-electron chi connectivity index (χ4n) is 3.14. The SMILES string of the molecule is CO[Si](OC)C(C)C(C(C)[Si](OC)OC)C(C)[Si](OC)OC. The van der Waals surface area contributed by atoms with Crippen LogP contribution >= 0.6 is 0 Å². The Hall–Kier alpha value is 0.411. The van der Waals surface area contributed by atoms with Crippen molar-refractivity contribution in [1.82, 2.24) is 0 Å². The molecule has 0 aliphatic carbocycles. The summed E-state index contributed by atoms with van der Waals surface area (Å²) in [5, 5.41) is 0. The summed E-state index contributed by atoms with van der Waals surface area (Å²) in [5.41, 5.74) is 0.752. The smallest absolute Gasteiger partial charge is 0.387 e. The van der Waals surface area contributed by atoms with E-state index in [4.69, 9.17) is 26.6 Å². The molecule has 0 saturated heterocycles. The molecule has 3 unspecified atom stereocenters. The topological polar surface area (TPSA) is 55.4 Å². The van der Waals surface area contributed by atoms with E-state index < -0.39 is 27.9 Å². The second-order valence-electron chi connectivity index (χ2n) is 5.13. The standard InChI is InChI=1S/C13H31O6Si3/c1-10(20(14-4)15-5)13(11(2)21(16-6)17-7)12(3)22(18-8)19-9/h10-13H,1-9H3. The lowest BCUT2D eigenvalue weighted by Crippen LogP contribution is -2.42. The molecule has 0 amide bonds. The van der Waals surface area contributed by atoms with Crippen LogP contribution < -0.4 is 0 Å². The maximum Gasteiger partial charge on any atom is 0.387 e. The zero-order valence-corrected chi connectivity index (χ0v) is 18.3. The van der Waals surface area contributed by atoms with Crippen molar-refractivity contribution in [2.75, 3.05) is 42.7 Å². The normalized spacial score (nSPS) is 18.0. The second kappa shape index (κ2) is 11.9. The van der Waals surface area contributed by atoms with Crippen molar-refractivity contribution >= 4 is 27.9 Å². The molecule has 0 aromatic carbocycles. The maximum absolute atomic E-state index is 5.58. The molecule has 9 heteroatoms. The van der Waals surface area contributed by atoms with E-state index in [1.807, 2.05) is 0 Å². The van der Waals surface area contributed by atoms with Gasteiger partial charge in [0.2, 0.25) is 0 Å². The van der Waals surface area contributed by atoms with E-state index in [2.05, 4.69) is 20.8 Å². The molecule has 3 atom stereocenters. The first-order chi connectivity index (χ1) is 10.4. The number of hydrogen-bond donors (Lipinski definition) is 0. The van der Waals surface area contributed by atoms with Crippen molar-refractivity contribution in [3.63, 3.8) is 0 Å². The predicted molar refractivity (Wildman–Crippen MR) is 91.1 cm³/mol. The van der Waals surface area contributed by atoms with E-state index in [1.54, 1.807) is 42.7 Å². The first-order valence-electron chi connectivity index (χ1n) is 7.27. The van der Waals surface area contributed by atoms with Crippen LogP contribution in [0.2, 0.25) is 16.6 Å². The molecule has 0 bridgehead atoms. The fourth-order valence-corrected chi connectivity index (χ4v) is 9.12. The lowest BCUT2D eigenvalue weighted by Gasteiger charge is -2.38. The number of rotatable bonds is 12. The average Bonchev–Trinajstić information content (AvgIpc) is 2.51.